The van der Waals surface area contributed by atoms with Crippen molar-refractivity contribution >= 4 is 34.9 Å². The Bertz CT molecular complexity index is 483. The zero-order valence-corrected chi connectivity index (χ0v) is 12.7. The van der Waals surface area contributed by atoms with Gasteiger partial charge >= 0.3 is 6.03 Å². The number of hydrogen-bond donors (Lipinski definition) is 2. The van der Waals surface area contributed by atoms with Crippen LogP contribution < -0.4 is 10.6 Å². The summed E-state index contributed by atoms with van der Waals surface area (Å²) in [5.74, 6) is 0. The number of amides is 2. The van der Waals surface area contributed by atoms with E-state index >= 15 is 0 Å². The Morgan fingerprint density at radius 2 is 2.25 bits per heavy atom. The van der Waals surface area contributed by atoms with E-state index < -0.39 is 0 Å². The maximum absolute atomic E-state index is 12.2. The van der Waals surface area contributed by atoms with E-state index in [0.29, 0.717) is 35.4 Å². The third-order valence-corrected chi connectivity index (χ3v) is 3.77. The normalized spacial score (nSPS) is 18.9. The van der Waals surface area contributed by atoms with Gasteiger partial charge in [-0.25, -0.2) is 4.79 Å². The molecular weight excluding hydrogens is 301 g/mol. The molecule has 5 nitrogen and oxygen atoms in total. The van der Waals surface area contributed by atoms with Crippen LogP contribution in [0.25, 0.3) is 0 Å². The summed E-state index contributed by atoms with van der Waals surface area (Å²) in [4.78, 5) is 13.9. The average Bonchev–Trinajstić information content (AvgIpc) is 2.43. The van der Waals surface area contributed by atoms with Crippen LogP contribution in [0.1, 0.15) is 0 Å². The van der Waals surface area contributed by atoms with Gasteiger partial charge in [0.05, 0.1) is 22.8 Å². The molecule has 0 saturated carbocycles. The van der Waals surface area contributed by atoms with Crippen molar-refractivity contribution in [3.8, 4) is 0 Å². The molecule has 1 aromatic rings. The Morgan fingerprint density at radius 1 is 1.45 bits per heavy atom. The number of hydrogen-bond acceptors (Lipinski definition) is 3. The van der Waals surface area contributed by atoms with E-state index in [1.165, 1.54) is 0 Å². The number of ether oxygens (including phenoxy) is 1. The molecule has 1 saturated heterocycles. The quantitative estimate of drug-likeness (QED) is 0.900. The summed E-state index contributed by atoms with van der Waals surface area (Å²) in [5, 5.41) is 6.73. The highest BCUT2D eigenvalue weighted by molar-refractivity contribution is 6.42. The van der Waals surface area contributed by atoms with Gasteiger partial charge in [-0.2, -0.15) is 0 Å². The molecule has 7 heteroatoms. The van der Waals surface area contributed by atoms with Crippen molar-refractivity contribution in [3.63, 3.8) is 0 Å². The molecule has 110 valence electrons. The van der Waals surface area contributed by atoms with Crippen molar-refractivity contribution in [2.24, 2.45) is 0 Å². The smallest absolute Gasteiger partial charge is 0.322 e. The van der Waals surface area contributed by atoms with E-state index in [-0.39, 0.29) is 12.1 Å². The van der Waals surface area contributed by atoms with Gasteiger partial charge in [-0.15, -0.1) is 0 Å². The van der Waals surface area contributed by atoms with Crippen LogP contribution in [0.5, 0.6) is 0 Å². The minimum absolute atomic E-state index is 0.0216. The maximum atomic E-state index is 12.2. The lowest BCUT2D eigenvalue weighted by Crippen LogP contribution is -2.49. The van der Waals surface area contributed by atoms with Crippen LogP contribution in [-0.4, -0.2) is 50.3 Å². The number of rotatable bonds is 3. The highest BCUT2D eigenvalue weighted by Crippen LogP contribution is 2.25. The molecule has 2 rings (SSSR count). The molecule has 1 atom stereocenters. The van der Waals surface area contributed by atoms with Gasteiger partial charge in [-0.3, -0.25) is 0 Å². The second-order valence-corrected chi connectivity index (χ2v) is 5.37. The zero-order chi connectivity index (χ0) is 14.5. The zero-order valence-electron chi connectivity index (χ0n) is 11.2. The van der Waals surface area contributed by atoms with Gasteiger partial charge in [-0.05, 0) is 25.2 Å². The topological polar surface area (TPSA) is 53.6 Å². The number of morpholine rings is 1. The van der Waals surface area contributed by atoms with Crippen LogP contribution in [0, 0.1) is 0 Å². The van der Waals surface area contributed by atoms with Gasteiger partial charge in [0.15, 0.2) is 0 Å². The number of anilines is 1. The molecule has 1 heterocycles. The Hall–Kier alpha value is -1.01. The molecule has 1 aliphatic heterocycles. The number of carbonyl (C=O) groups is 1. The van der Waals surface area contributed by atoms with E-state index in [0.717, 1.165) is 6.54 Å². The van der Waals surface area contributed by atoms with E-state index in [2.05, 4.69) is 10.6 Å². The second kappa shape index (κ2) is 7.13. The molecule has 20 heavy (non-hydrogen) atoms. The molecule has 2 amide bonds. The molecule has 1 fully saturated rings. The summed E-state index contributed by atoms with van der Waals surface area (Å²) < 4.78 is 5.56. The summed E-state index contributed by atoms with van der Waals surface area (Å²) in [7, 11) is 1.86. The minimum atomic E-state index is -0.159. The predicted octanol–water partition coefficient (Wildman–Crippen LogP) is 2.45. The van der Waals surface area contributed by atoms with Crippen LogP contribution in [0.4, 0.5) is 10.5 Å². The van der Waals surface area contributed by atoms with Crippen molar-refractivity contribution in [2.75, 3.05) is 38.6 Å². The fourth-order valence-electron chi connectivity index (χ4n) is 2.03. The maximum Gasteiger partial charge on any atom is 0.322 e. The molecule has 0 spiro atoms. The third-order valence-electron chi connectivity index (χ3n) is 3.03. The van der Waals surface area contributed by atoms with Crippen molar-refractivity contribution in [2.45, 2.75) is 6.10 Å². The van der Waals surface area contributed by atoms with Gasteiger partial charge < -0.3 is 20.3 Å². The lowest BCUT2D eigenvalue weighted by Gasteiger charge is -2.32. The molecule has 2 N–H and O–H groups in total. The van der Waals surface area contributed by atoms with Gasteiger partial charge in [-0.1, -0.05) is 23.2 Å². The Balaban J connectivity index is 1.95. The molecule has 1 unspecified atom stereocenters. The van der Waals surface area contributed by atoms with Crippen molar-refractivity contribution < 1.29 is 9.53 Å². The average molecular weight is 318 g/mol. The number of likely N-dealkylation sites (N-methyl/N-ethyl adjacent to an activating group) is 1. The first-order valence-corrected chi connectivity index (χ1v) is 7.13. The van der Waals surface area contributed by atoms with Crippen molar-refractivity contribution in [1.82, 2.24) is 10.2 Å². The van der Waals surface area contributed by atoms with E-state index in [1.54, 1.807) is 23.1 Å². The van der Waals surface area contributed by atoms with Crippen molar-refractivity contribution in [1.29, 1.82) is 0 Å². The van der Waals surface area contributed by atoms with Gasteiger partial charge in [0.2, 0.25) is 0 Å². The first-order valence-electron chi connectivity index (χ1n) is 6.37. The van der Waals surface area contributed by atoms with Crippen LogP contribution >= 0.6 is 23.2 Å². The summed E-state index contributed by atoms with van der Waals surface area (Å²) >= 11 is 11.8. The van der Waals surface area contributed by atoms with Gasteiger partial charge in [0.1, 0.15) is 0 Å². The van der Waals surface area contributed by atoms with Gasteiger partial charge in [0.25, 0.3) is 0 Å². The largest absolute Gasteiger partial charge is 0.373 e. The highest BCUT2D eigenvalue weighted by Gasteiger charge is 2.23. The summed E-state index contributed by atoms with van der Waals surface area (Å²) in [6.45, 7) is 2.40. The number of nitrogens with zero attached hydrogens (tertiary/aromatic N) is 1. The molecule has 0 aliphatic carbocycles. The van der Waals surface area contributed by atoms with Crippen LogP contribution in [-0.2, 0) is 4.74 Å². The Morgan fingerprint density at radius 3 is 2.95 bits per heavy atom. The highest BCUT2D eigenvalue weighted by atomic mass is 35.5. The van der Waals surface area contributed by atoms with E-state index in [4.69, 9.17) is 27.9 Å². The molecule has 1 aliphatic rings. The number of nitrogens with one attached hydrogen (secondary N) is 2. The number of carbonyl (C=O) groups excluding carboxylic acids is 1. The lowest BCUT2D eigenvalue weighted by atomic mass is 10.2. The fraction of sp³-hybridized carbons (Fsp3) is 0.462. The molecule has 0 bridgehead atoms. The summed E-state index contributed by atoms with van der Waals surface area (Å²) in [6, 6.07) is 4.85. The Labute approximate surface area is 128 Å². The third kappa shape index (κ3) is 3.99. The Kier molecular flexibility index (Phi) is 5.48. The SMILES string of the molecule is CNCC1CN(C(=O)Nc2ccc(Cl)c(Cl)c2)CCO1. The fourth-order valence-corrected chi connectivity index (χ4v) is 2.33. The van der Waals surface area contributed by atoms with Gasteiger partial charge in [0, 0.05) is 25.3 Å². The number of benzene rings is 1. The lowest BCUT2D eigenvalue weighted by molar-refractivity contribution is -0.00999. The molecule has 1 aromatic carbocycles. The predicted molar refractivity (Wildman–Crippen MR) is 80.7 cm³/mol. The molecule has 0 aromatic heterocycles. The first kappa shape index (κ1) is 15.4. The minimum Gasteiger partial charge on any atom is -0.373 e. The first-order chi connectivity index (χ1) is 9.60. The van der Waals surface area contributed by atoms with E-state index in [9.17, 15) is 4.79 Å². The van der Waals surface area contributed by atoms with Crippen LogP contribution in [0.3, 0.4) is 0 Å². The van der Waals surface area contributed by atoms with Crippen molar-refractivity contribution in [3.05, 3.63) is 28.2 Å². The van der Waals surface area contributed by atoms with Crippen LogP contribution in [0.2, 0.25) is 10.0 Å². The monoisotopic (exact) mass is 317 g/mol. The van der Waals surface area contributed by atoms with E-state index in [1.807, 2.05) is 7.05 Å². The standard InChI is InChI=1S/C13H17Cl2N3O2/c1-16-7-10-8-18(4-5-20-10)13(19)17-9-2-3-11(14)12(15)6-9/h2-3,6,10,16H,4-5,7-8H2,1H3,(H,17,19). The number of urea groups is 1. The number of halogens is 2. The summed E-state index contributed by atoms with van der Waals surface area (Å²) in [5.41, 5.74) is 0.626. The van der Waals surface area contributed by atoms with Crippen LogP contribution in [0.15, 0.2) is 18.2 Å². The molecular formula is C13H17Cl2N3O2. The molecule has 0 radical (unpaired) electrons. The second-order valence-electron chi connectivity index (χ2n) is 4.56. The summed E-state index contributed by atoms with van der Waals surface area (Å²) in [6.07, 6.45) is 0.0216.